The first-order valence-electron chi connectivity index (χ1n) is 5.02. The second-order valence-electron chi connectivity index (χ2n) is 3.47. The molecule has 1 unspecified atom stereocenters. The van der Waals surface area contributed by atoms with Crippen LogP contribution in [0.3, 0.4) is 0 Å². The zero-order chi connectivity index (χ0) is 8.81. The molecule has 2 heteroatoms. The van der Waals surface area contributed by atoms with E-state index in [-0.39, 0.29) is 12.1 Å². The van der Waals surface area contributed by atoms with Crippen LogP contribution in [0.25, 0.3) is 0 Å². The lowest BCUT2D eigenvalue weighted by molar-refractivity contribution is -0.149. The van der Waals surface area contributed by atoms with E-state index in [2.05, 4.69) is 6.92 Å². The molecule has 0 spiro atoms. The van der Waals surface area contributed by atoms with E-state index in [1.807, 2.05) is 0 Å². The van der Waals surface area contributed by atoms with Gasteiger partial charge in [0.05, 0.1) is 0 Å². The van der Waals surface area contributed by atoms with Crippen molar-refractivity contribution in [1.29, 1.82) is 0 Å². The Kier molecular flexibility index (Phi) is 4.12. The summed E-state index contributed by atoms with van der Waals surface area (Å²) >= 11 is 0. The quantitative estimate of drug-likeness (QED) is 0.565. The summed E-state index contributed by atoms with van der Waals surface area (Å²) in [6.45, 7) is 2.08. The molecule has 0 N–H and O–H groups in total. The molecule has 1 saturated heterocycles. The van der Waals surface area contributed by atoms with Crippen LogP contribution in [-0.2, 0) is 9.53 Å². The van der Waals surface area contributed by atoms with Crippen molar-refractivity contribution in [2.75, 3.05) is 0 Å². The number of hydrogen-bond donors (Lipinski definition) is 0. The Labute approximate surface area is 74.3 Å². The van der Waals surface area contributed by atoms with Crippen LogP contribution in [0.2, 0.25) is 0 Å². The lowest BCUT2D eigenvalue weighted by atomic mass is 10.1. The van der Waals surface area contributed by atoms with Crippen LogP contribution in [0, 0.1) is 0 Å². The molecule has 0 radical (unpaired) electrons. The van der Waals surface area contributed by atoms with Gasteiger partial charge in [-0.15, -0.1) is 0 Å². The fraction of sp³-hybridized carbons (Fsp3) is 0.900. The lowest BCUT2D eigenvalue weighted by Gasteiger charge is -2.13. The fourth-order valence-corrected chi connectivity index (χ4v) is 1.59. The van der Waals surface area contributed by atoms with Crippen molar-refractivity contribution in [2.24, 2.45) is 0 Å². The third-order valence-corrected chi connectivity index (χ3v) is 2.41. The molecule has 0 amide bonds. The molecule has 1 fully saturated rings. The van der Waals surface area contributed by atoms with Gasteiger partial charge in [0.25, 0.3) is 0 Å². The molecule has 2 nitrogen and oxygen atoms in total. The number of esters is 1. The summed E-state index contributed by atoms with van der Waals surface area (Å²) < 4.78 is 5.28. The molecular formula is C10H18O2. The van der Waals surface area contributed by atoms with E-state index in [1.54, 1.807) is 0 Å². The average Bonchev–Trinajstić information content (AvgIpc) is 2.16. The van der Waals surface area contributed by atoms with Crippen LogP contribution in [0.15, 0.2) is 0 Å². The number of cyclic esters (lactones) is 1. The Morgan fingerprint density at radius 1 is 1.33 bits per heavy atom. The molecule has 0 aromatic carbocycles. The Morgan fingerprint density at radius 2 is 2.08 bits per heavy atom. The third kappa shape index (κ3) is 3.24. The number of hydrogen-bond acceptors (Lipinski definition) is 2. The molecule has 0 saturated carbocycles. The van der Waals surface area contributed by atoms with Crippen LogP contribution in [0.5, 0.6) is 0 Å². The van der Waals surface area contributed by atoms with E-state index in [0.717, 1.165) is 19.3 Å². The zero-order valence-corrected chi connectivity index (χ0v) is 7.84. The van der Waals surface area contributed by atoms with Gasteiger partial charge in [0.2, 0.25) is 0 Å². The SMILES string of the molecule is CCC1CCCCCCC(=O)O1. The summed E-state index contributed by atoms with van der Waals surface area (Å²) in [4.78, 5) is 11.1. The van der Waals surface area contributed by atoms with Crippen LogP contribution in [0.1, 0.15) is 51.9 Å². The van der Waals surface area contributed by atoms with E-state index < -0.39 is 0 Å². The Morgan fingerprint density at radius 3 is 2.83 bits per heavy atom. The zero-order valence-electron chi connectivity index (χ0n) is 7.84. The second kappa shape index (κ2) is 5.18. The Hall–Kier alpha value is -0.530. The van der Waals surface area contributed by atoms with Crippen molar-refractivity contribution >= 4 is 5.97 Å². The maximum absolute atomic E-state index is 11.1. The highest BCUT2D eigenvalue weighted by molar-refractivity contribution is 5.69. The monoisotopic (exact) mass is 170 g/mol. The predicted molar refractivity (Wildman–Crippen MR) is 47.9 cm³/mol. The first-order valence-corrected chi connectivity index (χ1v) is 5.02. The molecule has 0 bridgehead atoms. The molecule has 1 aliphatic rings. The number of carbonyl (C=O) groups excluding carboxylic acids is 1. The highest BCUT2D eigenvalue weighted by Crippen LogP contribution is 2.16. The van der Waals surface area contributed by atoms with Gasteiger partial charge in [-0.25, -0.2) is 0 Å². The molecule has 1 aliphatic heterocycles. The molecule has 70 valence electrons. The highest BCUT2D eigenvalue weighted by Gasteiger charge is 2.13. The van der Waals surface area contributed by atoms with E-state index in [4.69, 9.17) is 4.74 Å². The maximum Gasteiger partial charge on any atom is 0.306 e. The highest BCUT2D eigenvalue weighted by atomic mass is 16.5. The topological polar surface area (TPSA) is 26.3 Å². The van der Waals surface area contributed by atoms with Crippen LogP contribution >= 0.6 is 0 Å². The molecular weight excluding hydrogens is 152 g/mol. The van der Waals surface area contributed by atoms with Gasteiger partial charge in [-0.3, -0.25) is 4.79 Å². The fourth-order valence-electron chi connectivity index (χ4n) is 1.59. The van der Waals surface area contributed by atoms with Crippen molar-refractivity contribution < 1.29 is 9.53 Å². The van der Waals surface area contributed by atoms with Gasteiger partial charge < -0.3 is 4.74 Å². The number of ether oxygens (including phenoxy) is 1. The maximum atomic E-state index is 11.1. The Bertz CT molecular complexity index is 143. The summed E-state index contributed by atoms with van der Waals surface area (Å²) in [6.07, 6.45) is 7.50. The third-order valence-electron chi connectivity index (χ3n) is 2.41. The van der Waals surface area contributed by atoms with Gasteiger partial charge in [-0.1, -0.05) is 19.8 Å². The molecule has 0 aliphatic carbocycles. The van der Waals surface area contributed by atoms with Gasteiger partial charge >= 0.3 is 5.97 Å². The van der Waals surface area contributed by atoms with Crippen molar-refractivity contribution in [3.05, 3.63) is 0 Å². The molecule has 0 aromatic heterocycles. The summed E-state index contributed by atoms with van der Waals surface area (Å²) in [5.74, 6) is 0.00347. The Balaban J connectivity index is 2.37. The molecule has 0 aromatic rings. The largest absolute Gasteiger partial charge is 0.462 e. The molecule has 1 heterocycles. The van der Waals surface area contributed by atoms with Gasteiger partial charge in [0, 0.05) is 6.42 Å². The van der Waals surface area contributed by atoms with Crippen molar-refractivity contribution in [3.63, 3.8) is 0 Å². The lowest BCUT2D eigenvalue weighted by Crippen LogP contribution is -2.16. The minimum absolute atomic E-state index is 0.00347. The van der Waals surface area contributed by atoms with Crippen LogP contribution in [-0.4, -0.2) is 12.1 Å². The minimum Gasteiger partial charge on any atom is -0.462 e. The van der Waals surface area contributed by atoms with E-state index in [0.29, 0.717) is 6.42 Å². The van der Waals surface area contributed by atoms with Gasteiger partial charge in [-0.2, -0.15) is 0 Å². The molecule has 12 heavy (non-hydrogen) atoms. The van der Waals surface area contributed by atoms with Crippen molar-refractivity contribution in [2.45, 2.75) is 58.0 Å². The van der Waals surface area contributed by atoms with Gasteiger partial charge in [0.1, 0.15) is 6.10 Å². The van der Waals surface area contributed by atoms with E-state index in [1.165, 1.54) is 19.3 Å². The summed E-state index contributed by atoms with van der Waals surface area (Å²) in [6, 6.07) is 0. The van der Waals surface area contributed by atoms with Crippen molar-refractivity contribution in [3.8, 4) is 0 Å². The summed E-state index contributed by atoms with van der Waals surface area (Å²) in [5.41, 5.74) is 0. The van der Waals surface area contributed by atoms with Gasteiger partial charge in [-0.05, 0) is 25.7 Å². The average molecular weight is 170 g/mol. The first kappa shape index (κ1) is 9.56. The number of rotatable bonds is 1. The predicted octanol–water partition coefficient (Wildman–Crippen LogP) is 2.66. The minimum atomic E-state index is 0.00347. The summed E-state index contributed by atoms with van der Waals surface area (Å²) in [5, 5.41) is 0. The number of carbonyl (C=O) groups is 1. The molecule has 1 rings (SSSR count). The first-order chi connectivity index (χ1) is 5.83. The van der Waals surface area contributed by atoms with E-state index >= 15 is 0 Å². The van der Waals surface area contributed by atoms with Crippen LogP contribution in [0.4, 0.5) is 0 Å². The smallest absolute Gasteiger partial charge is 0.306 e. The normalized spacial score (nSPS) is 26.8. The van der Waals surface area contributed by atoms with E-state index in [9.17, 15) is 4.79 Å². The molecule has 1 atom stereocenters. The summed E-state index contributed by atoms with van der Waals surface area (Å²) in [7, 11) is 0. The second-order valence-corrected chi connectivity index (χ2v) is 3.47. The van der Waals surface area contributed by atoms with Crippen LogP contribution < -0.4 is 0 Å². The van der Waals surface area contributed by atoms with Crippen molar-refractivity contribution in [1.82, 2.24) is 0 Å². The van der Waals surface area contributed by atoms with Gasteiger partial charge in [0.15, 0.2) is 0 Å². The standard InChI is InChI=1S/C10H18O2/c1-2-9-7-5-3-4-6-8-10(11)12-9/h9H,2-8H2,1H3.